The molecule has 0 aliphatic carbocycles. The second-order valence-electron chi connectivity index (χ2n) is 3.12. The van der Waals surface area contributed by atoms with E-state index in [0.29, 0.717) is 12.0 Å². The van der Waals surface area contributed by atoms with Gasteiger partial charge >= 0.3 is 0 Å². The van der Waals surface area contributed by atoms with Gasteiger partial charge < -0.3 is 5.11 Å². The topological polar surface area (TPSA) is 71.4 Å². The third-order valence-corrected chi connectivity index (χ3v) is 2.62. The van der Waals surface area contributed by atoms with Crippen molar-refractivity contribution in [2.24, 2.45) is 0 Å². The molecule has 1 N–H and O–H groups in total. The molecule has 15 heavy (non-hydrogen) atoms. The number of thiol groups is 1. The summed E-state index contributed by atoms with van der Waals surface area (Å²) in [7, 11) is -2.51. The highest BCUT2D eigenvalue weighted by Crippen LogP contribution is 2.20. The maximum Gasteiger partial charge on any atom is 0.166 e. The lowest BCUT2D eigenvalue weighted by Crippen LogP contribution is -1.98. The number of hydrogen-bond donors (Lipinski definition) is 2. The normalized spacial score (nSPS) is 10.5. The minimum Gasteiger partial charge on any atom is -0.507 e. The first kappa shape index (κ1) is 11.7. The van der Waals surface area contributed by atoms with Crippen molar-refractivity contribution in [1.82, 2.24) is 0 Å². The highest BCUT2D eigenvalue weighted by atomic mass is 32.2. The first-order valence-electron chi connectivity index (χ1n) is 4.51. The summed E-state index contributed by atoms with van der Waals surface area (Å²) in [6, 6.07) is 4.30. The largest absolute Gasteiger partial charge is 0.507 e. The molecular formula is C10H12O4S. The van der Waals surface area contributed by atoms with Gasteiger partial charge in [0.1, 0.15) is 16.5 Å². The molecule has 1 aromatic rings. The van der Waals surface area contributed by atoms with Crippen LogP contribution in [0, 0.1) is 0 Å². The van der Waals surface area contributed by atoms with Gasteiger partial charge in [-0.1, -0.05) is 13.0 Å². The fourth-order valence-electron chi connectivity index (χ4n) is 1.25. The van der Waals surface area contributed by atoms with Crippen molar-refractivity contribution in [3.8, 4) is 5.75 Å². The molecular weight excluding hydrogens is 216 g/mol. The van der Waals surface area contributed by atoms with Crippen molar-refractivity contribution in [2.75, 3.05) is 0 Å². The van der Waals surface area contributed by atoms with Gasteiger partial charge in [-0.3, -0.25) is 4.79 Å². The number of phenols is 1. The van der Waals surface area contributed by atoms with E-state index in [9.17, 15) is 18.3 Å². The maximum absolute atomic E-state index is 11.3. The highest BCUT2D eigenvalue weighted by Gasteiger charge is 2.09. The predicted molar refractivity (Wildman–Crippen MR) is 56.7 cm³/mol. The molecule has 0 radical (unpaired) electrons. The second-order valence-corrected chi connectivity index (χ2v) is 4.10. The summed E-state index contributed by atoms with van der Waals surface area (Å²) in [5.74, 6) is -0.439. The van der Waals surface area contributed by atoms with E-state index < -0.39 is 10.7 Å². The number of rotatable bonds is 4. The lowest BCUT2D eigenvalue weighted by molar-refractivity contribution is 0.0985. The van der Waals surface area contributed by atoms with E-state index in [2.05, 4.69) is 0 Å². The number of aromatic hydroxyl groups is 1. The monoisotopic (exact) mass is 228 g/mol. The van der Waals surface area contributed by atoms with Crippen LogP contribution in [-0.4, -0.2) is 19.3 Å². The zero-order chi connectivity index (χ0) is 11.4. The lowest BCUT2D eigenvalue weighted by Gasteiger charge is -2.03. The maximum atomic E-state index is 11.3. The van der Waals surface area contributed by atoms with Crippen molar-refractivity contribution < 1.29 is 18.3 Å². The van der Waals surface area contributed by atoms with E-state index in [1.165, 1.54) is 18.2 Å². The number of carbonyl (C=O) groups excluding carboxylic acids is 1. The van der Waals surface area contributed by atoms with Gasteiger partial charge in [-0.2, -0.15) is 0 Å². The summed E-state index contributed by atoms with van der Waals surface area (Å²) in [5.41, 5.74) is 0.721. The third kappa shape index (κ3) is 3.06. The fraction of sp³-hybridized carbons (Fsp3) is 0.300. The molecule has 0 atom stereocenters. The Morgan fingerprint density at radius 1 is 1.40 bits per heavy atom. The van der Waals surface area contributed by atoms with Crippen molar-refractivity contribution in [3.63, 3.8) is 0 Å². The summed E-state index contributed by atoms with van der Waals surface area (Å²) in [4.78, 5) is 11.3. The molecule has 0 spiro atoms. The number of benzene rings is 1. The molecule has 4 nitrogen and oxygen atoms in total. The summed E-state index contributed by atoms with van der Waals surface area (Å²) in [6.07, 6.45) is 0.308. The van der Waals surface area contributed by atoms with Crippen LogP contribution in [0.2, 0.25) is 0 Å². The molecule has 1 aromatic carbocycles. The quantitative estimate of drug-likeness (QED) is 0.598. The van der Waals surface area contributed by atoms with E-state index in [4.69, 9.17) is 0 Å². The molecule has 0 fully saturated rings. The summed E-state index contributed by atoms with van der Waals surface area (Å²) in [5, 5.41) is 9.49. The van der Waals surface area contributed by atoms with E-state index in [-0.39, 0.29) is 22.8 Å². The Morgan fingerprint density at radius 3 is 2.53 bits per heavy atom. The average Bonchev–Trinajstić information content (AvgIpc) is 2.16. The molecule has 0 saturated carbocycles. The zero-order valence-corrected chi connectivity index (χ0v) is 9.16. The summed E-state index contributed by atoms with van der Waals surface area (Å²) >= 11 is 0. The van der Waals surface area contributed by atoms with Gasteiger partial charge in [0.15, 0.2) is 5.78 Å². The predicted octanol–water partition coefficient (Wildman–Crippen LogP) is 1.10. The van der Waals surface area contributed by atoms with Crippen molar-refractivity contribution in [1.29, 1.82) is 0 Å². The van der Waals surface area contributed by atoms with Crippen molar-refractivity contribution in [2.45, 2.75) is 19.1 Å². The lowest BCUT2D eigenvalue weighted by atomic mass is 10.1. The smallest absolute Gasteiger partial charge is 0.166 e. The van der Waals surface area contributed by atoms with Crippen LogP contribution in [0.3, 0.4) is 0 Å². The van der Waals surface area contributed by atoms with Crippen LogP contribution in [-0.2, 0) is 16.5 Å². The Bertz CT molecular complexity index is 441. The SMILES string of the molecule is CCC(=O)c1ccc(C[SH](=O)=O)cc1O. The van der Waals surface area contributed by atoms with Gasteiger partial charge in [-0.15, -0.1) is 0 Å². The van der Waals surface area contributed by atoms with Crippen LogP contribution in [0.5, 0.6) is 5.75 Å². The molecule has 0 heterocycles. The van der Waals surface area contributed by atoms with E-state index in [1.54, 1.807) is 6.92 Å². The third-order valence-electron chi connectivity index (χ3n) is 2.00. The minimum absolute atomic E-state index is 0.122. The molecule has 0 unspecified atom stereocenters. The van der Waals surface area contributed by atoms with Gasteiger partial charge in [0.05, 0.1) is 11.3 Å². The van der Waals surface area contributed by atoms with Gasteiger partial charge in [0, 0.05) is 6.42 Å². The van der Waals surface area contributed by atoms with Crippen LogP contribution in [0.1, 0.15) is 29.3 Å². The number of hydrogen-bond acceptors (Lipinski definition) is 4. The molecule has 0 aliphatic heterocycles. The number of carbonyl (C=O) groups is 1. The Labute approximate surface area is 89.5 Å². The molecule has 0 aliphatic rings. The van der Waals surface area contributed by atoms with E-state index in [0.717, 1.165) is 0 Å². The first-order valence-corrected chi connectivity index (χ1v) is 5.87. The summed E-state index contributed by atoms with van der Waals surface area (Å²) < 4.78 is 20.9. The van der Waals surface area contributed by atoms with Gasteiger partial charge in [0.25, 0.3) is 0 Å². The van der Waals surface area contributed by atoms with Crippen LogP contribution in [0.25, 0.3) is 0 Å². The van der Waals surface area contributed by atoms with Crippen LogP contribution < -0.4 is 0 Å². The van der Waals surface area contributed by atoms with Gasteiger partial charge in [-0.25, -0.2) is 8.42 Å². The number of ketones is 1. The van der Waals surface area contributed by atoms with Crippen molar-refractivity contribution >= 4 is 16.5 Å². The molecule has 5 heteroatoms. The molecule has 0 saturated heterocycles. The van der Waals surface area contributed by atoms with Crippen LogP contribution in [0.4, 0.5) is 0 Å². The van der Waals surface area contributed by atoms with E-state index >= 15 is 0 Å². The molecule has 0 aromatic heterocycles. The van der Waals surface area contributed by atoms with Crippen LogP contribution >= 0.6 is 0 Å². The minimum atomic E-state index is -2.51. The van der Waals surface area contributed by atoms with Gasteiger partial charge in [0.2, 0.25) is 0 Å². The number of phenolic OH excluding ortho intramolecular Hbond substituents is 1. The summed E-state index contributed by atoms with van der Waals surface area (Å²) in [6.45, 7) is 1.70. The van der Waals surface area contributed by atoms with Crippen molar-refractivity contribution in [3.05, 3.63) is 29.3 Å². The molecule has 1 rings (SSSR count). The molecule has 0 bridgehead atoms. The molecule has 0 amide bonds. The Kier molecular flexibility index (Phi) is 3.85. The number of Topliss-reactive ketones (excluding diaryl/α,β-unsaturated/α-hetero) is 1. The fourth-order valence-corrected chi connectivity index (χ4v) is 1.75. The Morgan fingerprint density at radius 2 is 2.07 bits per heavy atom. The highest BCUT2D eigenvalue weighted by molar-refractivity contribution is 7.71. The second kappa shape index (κ2) is 4.93. The van der Waals surface area contributed by atoms with Crippen LogP contribution in [0.15, 0.2) is 18.2 Å². The Hall–Kier alpha value is -1.36. The van der Waals surface area contributed by atoms with E-state index in [1.807, 2.05) is 0 Å². The standard InChI is InChI=1S/C10H12O4S/c1-2-9(11)8-4-3-7(5-10(8)12)6-15(13)14/h3-5,12,15H,2,6H2,1H3. The first-order chi connectivity index (χ1) is 7.04. The zero-order valence-electron chi connectivity index (χ0n) is 8.27. The van der Waals surface area contributed by atoms with Gasteiger partial charge in [-0.05, 0) is 17.7 Å². The average molecular weight is 228 g/mol. The Balaban J connectivity index is 3.02. The molecule has 82 valence electrons.